The van der Waals surface area contributed by atoms with E-state index in [1.54, 1.807) is 4.90 Å². The van der Waals surface area contributed by atoms with Crippen LogP contribution < -0.4 is 4.74 Å². The van der Waals surface area contributed by atoms with Gasteiger partial charge in [-0.2, -0.15) is 4.40 Å². The van der Waals surface area contributed by atoms with Crippen LogP contribution in [0.5, 0.6) is 5.75 Å². The molecule has 1 atom stereocenters. The van der Waals surface area contributed by atoms with Crippen molar-refractivity contribution < 1.29 is 18.5 Å². The largest absolute Gasteiger partial charge is 0.486 e. The minimum absolute atomic E-state index is 0.272. The van der Waals surface area contributed by atoms with E-state index in [0.29, 0.717) is 39.0 Å². The lowest BCUT2D eigenvalue weighted by Gasteiger charge is -2.44. The van der Waals surface area contributed by atoms with Gasteiger partial charge < -0.3 is 14.4 Å². The zero-order chi connectivity index (χ0) is 19.7. The molecule has 2 aliphatic rings. The first-order chi connectivity index (χ1) is 12.7. The van der Waals surface area contributed by atoms with Crippen LogP contribution >= 0.6 is 0 Å². The lowest BCUT2D eigenvalue weighted by atomic mass is 9.82. The topological polar surface area (TPSA) is 68.2 Å². The van der Waals surface area contributed by atoms with E-state index in [-0.39, 0.29) is 6.09 Å². The Morgan fingerprint density at radius 2 is 1.96 bits per heavy atom. The molecule has 1 fully saturated rings. The zero-order valence-electron chi connectivity index (χ0n) is 16.5. The van der Waals surface area contributed by atoms with Crippen molar-refractivity contribution in [2.24, 2.45) is 4.40 Å². The molecular weight excluding hydrogens is 364 g/mol. The van der Waals surface area contributed by atoms with Crippen molar-refractivity contribution in [1.82, 2.24) is 4.90 Å². The van der Waals surface area contributed by atoms with Crippen LogP contribution in [0.4, 0.5) is 4.79 Å². The van der Waals surface area contributed by atoms with Crippen LogP contribution in [0.25, 0.3) is 0 Å². The summed E-state index contributed by atoms with van der Waals surface area (Å²) >= 11 is 0. The van der Waals surface area contributed by atoms with Crippen molar-refractivity contribution in [3.8, 4) is 5.75 Å². The van der Waals surface area contributed by atoms with Crippen LogP contribution in [0.3, 0.4) is 0 Å². The van der Waals surface area contributed by atoms with E-state index >= 15 is 0 Å². The van der Waals surface area contributed by atoms with Gasteiger partial charge in [0.1, 0.15) is 22.3 Å². The Labute approximate surface area is 163 Å². The number of benzene rings is 1. The molecular formula is C20H28N2O4S. The summed E-state index contributed by atoms with van der Waals surface area (Å²) in [7, 11) is -1.33. The minimum atomic E-state index is -1.33. The molecule has 0 radical (unpaired) electrons. The molecule has 7 heteroatoms. The first kappa shape index (κ1) is 19.9. The van der Waals surface area contributed by atoms with Crippen LogP contribution in [-0.2, 0) is 15.7 Å². The lowest BCUT2D eigenvalue weighted by molar-refractivity contribution is 0.00230. The van der Waals surface area contributed by atoms with Gasteiger partial charge in [-0.25, -0.2) is 9.00 Å². The van der Waals surface area contributed by atoms with Gasteiger partial charge in [0.15, 0.2) is 0 Å². The van der Waals surface area contributed by atoms with Gasteiger partial charge in [-0.1, -0.05) is 12.1 Å². The van der Waals surface area contributed by atoms with Crippen molar-refractivity contribution in [3.05, 3.63) is 29.8 Å². The number of ether oxygens (including phenoxy) is 2. The highest BCUT2D eigenvalue weighted by molar-refractivity contribution is 7.85. The molecule has 6 nitrogen and oxygen atoms in total. The number of hydrogen-bond donors (Lipinski definition) is 0. The fraction of sp³-hybridized carbons (Fsp3) is 0.600. The molecule has 0 aliphatic carbocycles. The second-order valence-electron chi connectivity index (χ2n) is 8.04. The number of rotatable bonds is 2. The summed E-state index contributed by atoms with van der Waals surface area (Å²) in [5, 5.41) is 0. The number of carbonyl (C=O) groups is 1. The molecule has 1 amide bonds. The summed E-state index contributed by atoms with van der Waals surface area (Å²) in [6.45, 7) is 9.11. The zero-order valence-corrected chi connectivity index (χ0v) is 17.3. The molecule has 0 aromatic heterocycles. The van der Waals surface area contributed by atoms with Gasteiger partial charge in [0.2, 0.25) is 0 Å². The number of nitrogens with zero attached hydrogens (tertiary/aromatic N) is 2. The Kier molecular flexibility index (Phi) is 5.60. The molecule has 1 aromatic rings. The molecule has 3 rings (SSSR count). The first-order valence-corrected chi connectivity index (χ1v) is 10.5. The molecule has 1 aromatic carbocycles. The molecule has 0 unspecified atom stereocenters. The van der Waals surface area contributed by atoms with E-state index in [0.717, 1.165) is 17.0 Å². The van der Waals surface area contributed by atoms with Crippen LogP contribution in [0, 0.1) is 0 Å². The van der Waals surface area contributed by atoms with Crippen LogP contribution in [-0.4, -0.2) is 51.0 Å². The van der Waals surface area contributed by atoms with E-state index in [4.69, 9.17) is 9.47 Å². The predicted molar refractivity (Wildman–Crippen MR) is 107 cm³/mol. The van der Waals surface area contributed by atoms with Gasteiger partial charge >= 0.3 is 6.09 Å². The molecule has 2 aliphatic heterocycles. The Balaban J connectivity index is 1.85. The minimum Gasteiger partial charge on any atom is -0.486 e. The molecule has 1 spiro atoms. The Morgan fingerprint density at radius 1 is 1.30 bits per heavy atom. The maximum Gasteiger partial charge on any atom is 0.409 e. The number of fused-ring (bicyclic) bond motifs is 1. The number of carbonyl (C=O) groups excluding carboxylic acids is 1. The van der Waals surface area contributed by atoms with E-state index in [2.05, 4.69) is 4.40 Å². The highest BCUT2D eigenvalue weighted by atomic mass is 32.2. The third-order valence-electron chi connectivity index (χ3n) is 4.93. The van der Waals surface area contributed by atoms with Crippen LogP contribution in [0.15, 0.2) is 28.7 Å². The fourth-order valence-corrected chi connectivity index (χ4v) is 4.01. The smallest absolute Gasteiger partial charge is 0.409 e. The average molecular weight is 393 g/mol. The number of likely N-dealkylation sites (tertiary alicyclic amines) is 1. The van der Waals surface area contributed by atoms with Gasteiger partial charge in [0, 0.05) is 37.9 Å². The lowest BCUT2D eigenvalue weighted by Crippen LogP contribution is -2.52. The number of amides is 1. The Bertz CT molecular complexity index is 761. The van der Waals surface area contributed by atoms with Gasteiger partial charge in [0.25, 0.3) is 0 Å². The molecule has 0 N–H and O–H groups in total. The molecule has 0 bridgehead atoms. The van der Waals surface area contributed by atoms with Gasteiger partial charge in [0.05, 0.1) is 17.1 Å². The molecule has 2 heterocycles. The van der Waals surface area contributed by atoms with E-state index in [9.17, 15) is 9.00 Å². The SMILES string of the molecule is CCOC(=O)N1CCC2(CC1)CC(=N[S@@](=O)C(C)(C)C)c1ccccc1O2. The highest BCUT2D eigenvalue weighted by Crippen LogP contribution is 2.40. The summed E-state index contributed by atoms with van der Waals surface area (Å²) in [4.78, 5) is 13.7. The maximum absolute atomic E-state index is 12.6. The third kappa shape index (κ3) is 4.34. The van der Waals surface area contributed by atoms with Gasteiger partial charge in [-0.3, -0.25) is 0 Å². The average Bonchev–Trinajstić information content (AvgIpc) is 2.61. The van der Waals surface area contributed by atoms with Crippen molar-refractivity contribution in [2.75, 3.05) is 19.7 Å². The van der Waals surface area contributed by atoms with Crippen LogP contribution in [0.2, 0.25) is 0 Å². The summed E-state index contributed by atoms with van der Waals surface area (Å²) in [6, 6.07) is 7.78. The first-order valence-electron chi connectivity index (χ1n) is 9.44. The van der Waals surface area contributed by atoms with E-state index < -0.39 is 21.3 Å². The number of piperidine rings is 1. The Hall–Kier alpha value is -1.89. The second-order valence-corrected chi connectivity index (χ2v) is 9.95. The Morgan fingerprint density at radius 3 is 2.59 bits per heavy atom. The fourth-order valence-electron chi connectivity index (χ4n) is 3.37. The van der Waals surface area contributed by atoms with Crippen molar-refractivity contribution in [1.29, 1.82) is 0 Å². The predicted octanol–water partition coefficient (Wildman–Crippen LogP) is 3.71. The monoisotopic (exact) mass is 392 g/mol. The number of hydrogen-bond acceptors (Lipinski definition) is 4. The van der Waals surface area contributed by atoms with Gasteiger partial charge in [-0.05, 0) is 39.8 Å². The van der Waals surface area contributed by atoms with Crippen molar-refractivity contribution in [2.45, 2.75) is 57.3 Å². The van der Waals surface area contributed by atoms with Crippen molar-refractivity contribution in [3.63, 3.8) is 0 Å². The van der Waals surface area contributed by atoms with Gasteiger partial charge in [-0.15, -0.1) is 0 Å². The molecule has 1 saturated heterocycles. The summed E-state index contributed by atoms with van der Waals surface area (Å²) in [5.74, 6) is 0.776. The van der Waals surface area contributed by atoms with E-state index in [1.165, 1.54) is 0 Å². The molecule has 27 heavy (non-hydrogen) atoms. The third-order valence-corrected chi connectivity index (χ3v) is 6.37. The summed E-state index contributed by atoms with van der Waals surface area (Å²) in [5.41, 5.74) is 1.32. The summed E-state index contributed by atoms with van der Waals surface area (Å²) in [6.07, 6.45) is 1.72. The second kappa shape index (κ2) is 7.62. The highest BCUT2D eigenvalue weighted by Gasteiger charge is 2.43. The quantitative estimate of drug-likeness (QED) is 0.769. The van der Waals surface area contributed by atoms with Crippen LogP contribution in [0.1, 0.15) is 52.5 Å². The molecule has 148 valence electrons. The number of para-hydroxylation sites is 1. The standard InChI is InChI=1S/C20H28N2O4S/c1-5-25-18(23)22-12-10-20(11-13-22)14-16(21-27(24)19(2,3)4)15-8-6-7-9-17(15)26-20/h6-9H,5,10-14H2,1-4H3/t27-/m0/s1. The van der Waals surface area contributed by atoms with E-state index in [1.807, 2.05) is 52.0 Å². The van der Waals surface area contributed by atoms with Crippen molar-refractivity contribution >= 4 is 22.8 Å². The maximum atomic E-state index is 12.6. The molecule has 0 saturated carbocycles. The summed E-state index contributed by atoms with van der Waals surface area (Å²) < 4.78 is 28.3. The normalized spacial score (nSPS) is 21.5.